The molecule has 0 spiro atoms. The fourth-order valence-electron chi connectivity index (χ4n) is 5.03. The average Bonchev–Trinajstić information content (AvgIpc) is 3.09. The number of nitrogens with one attached hydrogen (secondary N) is 1. The number of sulfonamides is 1. The number of carbonyl (C=O) groups is 2. The van der Waals surface area contributed by atoms with Crippen molar-refractivity contribution < 1.29 is 31.9 Å². The molecule has 0 saturated heterocycles. The maximum Gasteiger partial charge on any atom is 0.264 e. The van der Waals surface area contributed by atoms with E-state index in [4.69, 9.17) is 9.47 Å². The van der Waals surface area contributed by atoms with Gasteiger partial charge in [0.15, 0.2) is 11.5 Å². The van der Waals surface area contributed by atoms with Gasteiger partial charge in [-0.3, -0.25) is 13.9 Å². The summed E-state index contributed by atoms with van der Waals surface area (Å²) in [4.78, 5) is 29.5. The van der Waals surface area contributed by atoms with Crippen LogP contribution < -0.4 is 19.1 Å². The number of methoxy groups -OCH3 is 2. The van der Waals surface area contributed by atoms with E-state index >= 15 is 4.39 Å². The summed E-state index contributed by atoms with van der Waals surface area (Å²) < 4.78 is 55.2. The Hall–Kier alpha value is -4.90. The SMILES string of the molecule is CCC(C)NC(=O)C(Cc1ccccc1)N(Cc1ccccc1F)C(=O)CN(c1ccccc1)S(=O)(=O)c1ccc(OC)c(OC)c1. The molecule has 4 rings (SSSR count). The lowest BCUT2D eigenvalue weighted by molar-refractivity contribution is -0.140. The highest BCUT2D eigenvalue weighted by Gasteiger charge is 2.35. The van der Waals surface area contributed by atoms with Gasteiger partial charge in [0.25, 0.3) is 10.0 Å². The molecule has 0 heterocycles. The van der Waals surface area contributed by atoms with Gasteiger partial charge < -0.3 is 19.7 Å². The third-order valence-electron chi connectivity index (χ3n) is 7.84. The Balaban J connectivity index is 1.82. The second kappa shape index (κ2) is 16.1. The van der Waals surface area contributed by atoms with Crippen molar-refractivity contribution >= 4 is 27.5 Å². The van der Waals surface area contributed by atoms with Gasteiger partial charge in [0.1, 0.15) is 18.4 Å². The van der Waals surface area contributed by atoms with Crippen LogP contribution in [0.2, 0.25) is 0 Å². The number of hydrogen-bond donors (Lipinski definition) is 1. The van der Waals surface area contributed by atoms with Crippen molar-refractivity contribution in [2.75, 3.05) is 25.1 Å². The fraction of sp³-hybridized carbons (Fsp3) is 0.278. The number of para-hydroxylation sites is 1. The first-order valence-corrected chi connectivity index (χ1v) is 16.7. The number of ether oxygens (including phenoxy) is 2. The molecule has 0 aromatic heterocycles. The van der Waals surface area contributed by atoms with E-state index in [1.807, 2.05) is 44.2 Å². The molecule has 0 bridgehead atoms. The number of hydrogen-bond acceptors (Lipinski definition) is 6. The predicted molar refractivity (Wildman–Crippen MR) is 179 cm³/mol. The maximum atomic E-state index is 15.1. The molecule has 4 aromatic carbocycles. The predicted octanol–water partition coefficient (Wildman–Crippen LogP) is 5.59. The molecule has 0 aliphatic carbocycles. The Labute approximate surface area is 276 Å². The normalized spacial score (nSPS) is 12.4. The Morgan fingerprint density at radius 3 is 2.09 bits per heavy atom. The molecule has 2 atom stereocenters. The highest BCUT2D eigenvalue weighted by molar-refractivity contribution is 7.92. The van der Waals surface area contributed by atoms with Gasteiger partial charge in [-0.2, -0.15) is 0 Å². The summed E-state index contributed by atoms with van der Waals surface area (Å²) in [6, 6.07) is 26.2. The Morgan fingerprint density at radius 2 is 1.47 bits per heavy atom. The number of halogens is 1. The molecule has 0 saturated carbocycles. The smallest absolute Gasteiger partial charge is 0.264 e. The van der Waals surface area contributed by atoms with E-state index in [-0.39, 0.29) is 40.9 Å². The first-order valence-electron chi connectivity index (χ1n) is 15.3. The lowest BCUT2D eigenvalue weighted by Gasteiger charge is -2.34. The molecule has 4 aromatic rings. The maximum absolute atomic E-state index is 15.1. The van der Waals surface area contributed by atoms with Crippen LogP contribution in [0.15, 0.2) is 108 Å². The molecular formula is C36H40FN3O6S. The third-order valence-corrected chi connectivity index (χ3v) is 9.61. The molecule has 9 nitrogen and oxygen atoms in total. The minimum absolute atomic E-state index is 0.122. The van der Waals surface area contributed by atoms with Gasteiger partial charge in [-0.25, -0.2) is 12.8 Å². The van der Waals surface area contributed by atoms with E-state index in [1.165, 1.54) is 55.5 Å². The molecule has 2 unspecified atom stereocenters. The molecule has 0 fully saturated rings. The monoisotopic (exact) mass is 661 g/mol. The van der Waals surface area contributed by atoms with Gasteiger partial charge in [-0.15, -0.1) is 0 Å². The minimum atomic E-state index is -4.37. The topological polar surface area (TPSA) is 105 Å². The average molecular weight is 662 g/mol. The molecule has 1 N–H and O–H groups in total. The van der Waals surface area contributed by atoms with Gasteiger partial charge in [-0.1, -0.05) is 73.7 Å². The zero-order valence-corrected chi connectivity index (χ0v) is 27.7. The van der Waals surface area contributed by atoms with Crippen LogP contribution in [0, 0.1) is 5.82 Å². The van der Waals surface area contributed by atoms with Gasteiger partial charge in [-0.05, 0) is 49.2 Å². The van der Waals surface area contributed by atoms with Gasteiger partial charge >= 0.3 is 0 Å². The lowest BCUT2D eigenvalue weighted by Crippen LogP contribution is -2.54. The van der Waals surface area contributed by atoms with E-state index in [2.05, 4.69) is 5.32 Å². The number of rotatable bonds is 15. The molecule has 2 amide bonds. The Bertz CT molecular complexity index is 1760. The van der Waals surface area contributed by atoms with Gasteiger partial charge in [0.2, 0.25) is 11.8 Å². The largest absolute Gasteiger partial charge is 0.493 e. The number of nitrogens with zero attached hydrogens (tertiary/aromatic N) is 2. The summed E-state index contributed by atoms with van der Waals surface area (Å²) in [5, 5.41) is 2.97. The van der Waals surface area contributed by atoms with Crippen LogP contribution in [0.25, 0.3) is 0 Å². The molecule has 0 radical (unpaired) electrons. The van der Waals surface area contributed by atoms with Crippen molar-refractivity contribution in [1.29, 1.82) is 0 Å². The van der Waals surface area contributed by atoms with Crippen LogP contribution in [0.3, 0.4) is 0 Å². The zero-order chi connectivity index (χ0) is 34.0. The first kappa shape index (κ1) is 35.0. The van der Waals surface area contributed by atoms with E-state index in [0.29, 0.717) is 12.2 Å². The Morgan fingerprint density at radius 1 is 0.851 bits per heavy atom. The molecular weight excluding hydrogens is 621 g/mol. The summed E-state index contributed by atoms with van der Waals surface area (Å²) in [7, 11) is -1.54. The van der Waals surface area contributed by atoms with Crippen molar-refractivity contribution in [2.45, 2.75) is 50.2 Å². The summed E-state index contributed by atoms with van der Waals surface area (Å²) in [6.45, 7) is 2.84. The van der Waals surface area contributed by atoms with Crippen molar-refractivity contribution in [3.63, 3.8) is 0 Å². The molecule has 248 valence electrons. The second-order valence-electron chi connectivity index (χ2n) is 11.0. The minimum Gasteiger partial charge on any atom is -0.493 e. The van der Waals surface area contributed by atoms with Crippen LogP contribution in [0.5, 0.6) is 11.5 Å². The van der Waals surface area contributed by atoms with Crippen LogP contribution in [-0.4, -0.2) is 58.0 Å². The van der Waals surface area contributed by atoms with Crippen molar-refractivity contribution in [2.24, 2.45) is 0 Å². The van der Waals surface area contributed by atoms with E-state index in [1.54, 1.807) is 36.4 Å². The molecule has 47 heavy (non-hydrogen) atoms. The molecule has 0 aliphatic rings. The number of benzene rings is 4. The van der Waals surface area contributed by atoms with Gasteiger partial charge in [0.05, 0.1) is 24.8 Å². The summed E-state index contributed by atoms with van der Waals surface area (Å²) in [6.07, 6.45) is 0.771. The van der Waals surface area contributed by atoms with Crippen LogP contribution >= 0.6 is 0 Å². The summed E-state index contributed by atoms with van der Waals surface area (Å²) >= 11 is 0. The third kappa shape index (κ3) is 8.68. The Kier molecular flexibility index (Phi) is 12.0. The van der Waals surface area contributed by atoms with Crippen molar-refractivity contribution in [3.05, 3.63) is 120 Å². The second-order valence-corrected chi connectivity index (χ2v) is 12.9. The zero-order valence-electron chi connectivity index (χ0n) is 26.9. The quantitative estimate of drug-likeness (QED) is 0.178. The van der Waals surface area contributed by atoms with Crippen LogP contribution in [0.4, 0.5) is 10.1 Å². The van der Waals surface area contributed by atoms with E-state index in [0.717, 1.165) is 9.87 Å². The van der Waals surface area contributed by atoms with Crippen molar-refractivity contribution in [3.8, 4) is 11.5 Å². The molecule has 0 aliphatic heterocycles. The number of anilines is 1. The summed E-state index contributed by atoms with van der Waals surface area (Å²) in [5.41, 5.74) is 1.19. The fourth-order valence-corrected chi connectivity index (χ4v) is 6.46. The van der Waals surface area contributed by atoms with E-state index in [9.17, 15) is 18.0 Å². The number of carbonyl (C=O) groups excluding carboxylic acids is 2. The highest BCUT2D eigenvalue weighted by Crippen LogP contribution is 2.32. The number of amides is 2. The summed E-state index contributed by atoms with van der Waals surface area (Å²) in [5.74, 6) is -1.15. The van der Waals surface area contributed by atoms with Crippen LogP contribution in [-0.2, 0) is 32.6 Å². The molecule has 11 heteroatoms. The lowest BCUT2D eigenvalue weighted by atomic mass is 10.0. The first-order chi connectivity index (χ1) is 22.6. The highest BCUT2D eigenvalue weighted by atomic mass is 32.2. The van der Waals surface area contributed by atoms with E-state index < -0.39 is 40.2 Å². The standard InChI is InChI=1S/C36H40FN3O6S/c1-5-26(2)38-36(42)32(22-27-14-8-6-9-15-27)39(24-28-16-12-13-19-31(28)37)35(41)25-40(29-17-10-7-11-18-29)47(43,44)30-20-21-33(45-3)34(23-30)46-4/h6-21,23,26,32H,5,22,24-25H2,1-4H3,(H,38,42). The van der Waals surface area contributed by atoms with Crippen LogP contribution in [0.1, 0.15) is 31.4 Å². The van der Waals surface area contributed by atoms with Gasteiger partial charge in [0, 0.05) is 30.6 Å². The van der Waals surface area contributed by atoms with Crippen molar-refractivity contribution in [1.82, 2.24) is 10.2 Å².